The summed E-state index contributed by atoms with van der Waals surface area (Å²) in [6.45, 7) is 3.57. The van der Waals surface area contributed by atoms with Gasteiger partial charge in [0, 0.05) is 12.8 Å². The minimum atomic E-state index is -4.77. The van der Waals surface area contributed by atoms with Crippen molar-refractivity contribution in [3.05, 3.63) is 60.8 Å². The molecule has 0 saturated carbocycles. The molecule has 0 radical (unpaired) electrons. The predicted molar refractivity (Wildman–Crippen MR) is 248 cm³/mol. The van der Waals surface area contributed by atoms with Crippen LogP contribution in [0.5, 0.6) is 0 Å². The number of phosphoric ester groups is 1. The number of allylic oxidation sites excluding steroid dienone is 10. The molecule has 0 fully saturated rings. The maximum Gasteiger partial charge on any atom is 0.469 e. The monoisotopic (exact) mass is 849 g/mol. The van der Waals surface area contributed by atoms with Gasteiger partial charge in [-0.25, -0.2) is 4.57 Å². The highest BCUT2D eigenvalue weighted by Crippen LogP contribution is 2.36. The van der Waals surface area contributed by atoms with E-state index in [1.54, 1.807) is 0 Å². The lowest BCUT2D eigenvalue weighted by atomic mass is 10.0. The van der Waals surface area contributed by atoms with E-state index in [9.17, 15) is 14.2 Å². The summed E-state index contributed by atoms with van der Waals surface area (Å²) in [7, 11) is -4.77. The second kappa shape index (κ2) is 45.3. The first-order valence-corrected chi connectivity index (χ1v) is 25.6. The van der Waals surface area contributed by atoms with E-state index < -0.39 is 32.5 Å². The van der Waals surface area contributed by atoms with Gasteiger partial charge in [0.05, 0.1) is 6.61 Å². The minimum absolute atomic E-state index is 0.172. The first-order chi connectivity index (χ1) is 28.8. The van der Waals surface area contributed by atoms with Crippen molar-refractivity contribution in [3.8, 4) is 0 Å². The number of phosphoric acid groups is 1. The van der Waals surface area contributed by atoms with E-state index in [-0.39, 0.29) is 19.4 Å². The molecule has 59 heavy (non-hydrogen) atoms. The van der Waals surface area contributed by atoms with Gasteiger partial charge in [-0.05, 0) is 57.8 Å². The predicted octanol–water partition coefficient (Wildman–Crippen LogP) is 15.2. The fourth-order valence-corrected chi connectivity index (χ4v) is 7.11. The lowest BCUT2D eigenvalue weighted by Gasteiger charge is -2.18. The third-order valence-electron chi connectivity index (χ3n) is 10.3. The standard InChI is InChI=1S/C50H89O8P/c1-3-5-7-9-11-13-15-17-19-21-23-24-25-27-28-30-32-34-36-38-40-42-44-49(51)56-46-48(47-57-59(53,54)55)58-50(52)45-43-41-39-37-35-33-31-29-26-22-20-18-16-14-12-10-8-6-4-2/h6,8,12,14,18,20,26,29,33,35,48H,3-5,7,9-11,13,15-17,19,21-25,27-28,30-32,34,36-47H2,1-2H3,(H2,53,54,55)/b8-6+,14-12+,20-18+,29-26+,35-33+/t48-/m1/s1. The molecule has 0 aliphatic rings. The Kier molecular flexibility index (Phi) is 43.6. The summed E-state index contributed by atoms with van der Waals surface area (Å²) in [5, 5.41) is 0. The summed E-state index contributed by atoms with van der Waals surface area (Å²) < 4.78 is 26.5. The summed E-state index contributed by atoms with van der Waals surface area (Å²) in [6.07, 6.45) is 58.1. The van der Waals surface area contributed by atoms with E-state index in [0.29, 0.717) is 6.42 Å². The van der Waals surface area contributed by atoms with Crippen LogP contribution < -0.4 is 0 Å². The van der Waals surface area contributed by atoms with Crippen LogP contribution in [0, 0.1) is 0 Å². The van der Waals surface area contributed by atoms with Gasteiger partial charge in [-0.3, -0.25) is 14.1 Å². The Morgan fingerprint density at radius 1 is 0.458 bits per heavy atom. The first-order valence-electron chi connectivity index (χ1n) is 24.1. The summed E-state index contributed by atoms with van der Waals surface area (Å²) in [6, 6.07) is 0. The SMILES string of the molecule is CC/C=C/C/C=C/C/C=C/C/C=C/C/C=C/CCCCCC(=O)O[C@H](COC(=O)CCCCCCCCCCCCCCCCCCCCCCCC)COP(=O)(O)O. The van der Waals surface area contributed by atoms with E-state index in [1.807, 2.05) is 0 Å². The van der Waals surface area contributed by atoms with E-state index in [1.165, 1.54) is 122 Å². The lowest BCUT2D eigenvalue weighted by molar-refractivity contribution is -0.161. The number of esters is 2. The fraction of sp³-hybridized carbons (Fsp3) is 0.760. The normalized spacial score (nSPS) is 12.9. The zero-order chi connectivity index (χ0) is 43.2. The van der Waals surface area contributed by atoms with Crippen LogP contribution in [0.1, 0.15) is 226 Å². The Morgan fingerprint density at radius 2 is 0.814 bits per heavy atom. The van der Waals surface area contributed by atoms with Crippen LogP contribution in [0.15, 0.2) is 60.8 Å². The average Bonchev–Trinajstić information content (AvgIpc) is 3.21. The smallest absolute Gasteiger partial charge is 0.462 e. The van der Waals surface area contributed by atoms with Crippen LogP contribution in [0.25, 0.3) is 0 Å². The minimum Gasteiger partial charge on any atom is -0.462 e. The highest BCUT2D eigenvalue weighted by Gasteiger charge is 2.23. The molecule has 2 N–H and O–H groups in total. The molecule has 0 unspecified atom stereocenters. The Hall–Kier alpha value is -2.25. The number of ether oxygens (including phenoxy) is 2. The summed E-state index contributed by atoms with van der Waals surface area (Å²) in [4.78, 5) is 43.0. The summed E-state index contributed by atoms with van der Waals surface area (Å²) in [5.41, 5.74) is 0. The first kappa shape index (κ1) is 56.8. The number of hydrogen-bond donors (Lipinski definition) is 2. The number of rotatable bonds is 44. The van der Waals surface area contributed by atoms with Gasteiger partial charge in [0.15, 0.2) is 6.10 Å². The molecule has 0 aliphatic carbocycles. The van der Waals surface area contributed by atoms with Gasteiger partial charge in [-0.2, -0.15) is 0 Å². The molecule has 0 bridgehead atoms. The zero-order valence-electron chi connectivity index (χ0n) is 37.9. The van der Waals surface area contributed by atoms with Crippen LogP contribution in [-0.2, 0) is 28.2 Å². The van der Waals surface area contributed by atoms with Crippen molar-refractivity contribution in [2.45, 2.75) is 232 Å². The molecule has 0 amide bonds. The van der Waals surface area contributed by atoms with Gasteiger partial charge >= 0.3 is 19.8 Å². The van der Waals surface area contributed by atoms with Crippen molar-refractivity contribution in [2.75, 3.05) is 13.2 Å². The molecule has 0 saturated heterocycles. The van der Waals surface area contributed by atoms with Gasteiger partial charge in [-0.1, -0.05) is 216 Å². The van der Waals surface area contributed by atoms with Crippen molar-refractivity contribution >= 4 is 19.8 Å². The molecule has 0 aromatic heterocycles. The van der Waals surface area contributed by atoms with Gasteiger partial charge in [0.2, 0.25) is 0 Å². The lowest BCUT2D eigenvalue weighted by Crippen LogP contribution is -2.29. The quantitative estimate of drug-likeness (QED) is 0.0269. The van der Waals surface area contributed by atoms with Gasteiger partial charge in [0.25, 0.3) is 0 Å². The molecule has 0 aromatic rings. The van der Waals surface area contributed by atoms with Crippen molar-refractivity contribution in [3.63, 3.8) is 0 Å². The third-order valence-corrected chi connectivity index (χ3v) is 10.8. The summed E-state index contributed by atoms with van der Waals surface area (Å²) >= 11 is 0. The molecule has 8 nitrogen and oxygen atoms in total. The Labute approximate surface area is 362 Å². The molecule has 9 heteroatoms. The van der Waals surface area contributed by atoms with Crippen molar-refractivity contribution in [1.82, 2.24) is 0 Å². The molecule has 0 aliphatic heterocycles. The largest absolute Gasteiger partial charge is 0.469 e. The second-order valence-electron chi connectivity index (χ2n) is 16.1. The summed E-state index contributed by atoms with van der Waals surface area (Å²) in [5.74, 6) is -0.916. The maximum absolute atomic E-state index is 12.4. The number of carbonyl (C=O) groups is 2. The highest BCUT2D eigenvalue weighted by molar-refractivity contribution is 7.46. The van der Waals surface area contributed by atoms with Crippen LogP contribution >= 0.6 is 7.82 Å². The van der Waals surface area contributed by atoms with Gasteiger partial charge in [0.1, 0.15) is 6.61 Å². The molecule has 0 rings (SSSR count). The average molecular weight is 849 g/mol. The van der Waals surface area contributed by atoms with Crippen LogP contribution in [0.3, 0.4) is 0 Å². The van der Waals surface area contributed by atoms with Crippen LogP contribution in [0.2, 0.25) is 0 Å². The Morgan fingerprint density at radius 3 is 1.22 bits per heavy atom. The van der Waals surface area contributed by atoms with E-state index >= 15 is 0 Å². The molecule has 0 spiro atoms. The van der Waals surface area contributed by atoms with E-state index in [2.05, 4.69) is 79.1 Å². The van der Waals surface area contributed by atoms with Crippen molar-refractivity contribution < 1.29 is 37.9 Å². The third kappa shape index (κ3) is 48.3. The molecular weight excluding hydrogens is 760 g/mol. The molecule has 0 aromatic carbocycles. The number of hydrogen-bond acceptors (Lipinski definition) is 6. The van der Waals surface area contributed by atoms with Crippen molar-refractivity contribution in [2.24, 2.45) is 0 Å². The molecule has 1 atom stereocenters. The van der Waals surface area contributed by atoms with Crippen molar-refractivity contribution in [1.29, 1.82) is 0 Å². The fourth-order valence-electron chi connectivity index (χ4n) is 6.75. The Bertz CT molecular complexity index is 1140. The Balaban J connectivity index is 3.88. The molecule has 342 valence electrons. The van der Waals surface area contributed by atoms with E-state index in [0.717, 1.165) is 70.6 Å². The number of unbranched alkanes of at least 4 members (excludes halogenated alkanes) is 24. The van der Waals surface area contributed by atoms with Gasteiger partial charge in [-0.15, -0.1) is 0 Å². The molecular formula is C50H89O8P. The van der Waals surface area contributed by atoms with Crippen LogP contribution in [-0.4, -0.2) is 41.0 Å². The number of carbonyl (C=O) groups excluding carboxylic acids is 2. The van der Waals surface area contributed by atoms with Gasteiger partial charge < -0.3 is 19.3 Å². The topological polar surface area (TPSA) is 119 Å². The van der Waals surface area contributed by atoms with E-state index in [4.69, 9.17) is 19.3 Å². The van der Waals surface area contributed by atoms with Crippen LogP contribution in [0.4, 0.5) is 0 Å². The molecule has 0 heterocycles. The maximum atomic E-state index is 12.4. The zero-order valence-corrected chi connectivity index (χ0v) is 38.8. The highest BCUT2D eigenvalue weighted by atomic mass is 31.2. The second-order valence-corrected chi connectivity index (χ2v) is 17.3.